The Labute approximate surface area is 135 Å². The molecule has 0 spiro atoms. The van der Waals surface area contributed by atoms with Crippen LogP contribution in [0.1, 0.15) is 5.82 Å². The SMILES string of the molecule is Cn1cc(-n2nc(CC(N)=O)nc2-c2cccc3n[nH]nc23)cn1. The lowest BCUT2D eigenvalue weighted by Gasteiger charge is -2.03. The van der Waals surface area contributed by atoms with E-state index < -0.39 is 5.91 Å². The Morgan fingerprint density at radius 3 is 2.96 bits per heavy atom. The summed E-state index contributed by atoms with van der Waals surface area (Å²) in [5, 5.41) is 19.4. The second-order valence-corrected chi connectivity index (χ2v) is 5.28. The minimum atomic E-state index is -0.496. The zero-order valence-electron chi connectivity index (χ0n) is 12.7. The molecule has 0 aliphatic rings. The van der Waals surface area contributed by atoms with Crippen molar-refractivity contribution in [2.45, 2.75) is 6.42 Å². The lowest BCUT2D eigenvalue weighted by Crippen LogP contribution is -2.14. The number of aryl methyl sites for hydroxylation is 1. The Morgan fingerprint density at radius 2 is 2.21 bits per heavy atom. The largest absolute Gasteiger partial charge is 0.369 e. The quantitative estimate of drug-likeness (QED) is 0.541. The zero-order valence-corrected chi connectivity index (χ0v) is 12.7. The number of aromatic nitrogens is 8. The van der Waals surface area contributed by atoms with Crippen molar-refractivity contribution in [1.29, 1.82) is 0 Å². The molecule has 1 aromatic carbocycles. The molecule has 0 radical (unpaired) electrons. The zero-order chi connectivity index (χ0) is 16.7. The summed E-state index contributed by atoms with van der Waals surface area (Å²) >= 11 is 0. The molecule has 3 N–H and O–H groups in total. The number of amides is 1. The first-order valence-corrected chi connectivity index (χ1v) is 7.15. The topological polar surface area (TPSA) is 133 Å². The number of primary amides is 1. The van der Waals surface area contributed by atoms with E-state index in [4.69, 9.17) is 5.73 Å². The van der Waals surface area contributed by atoms with Gasteiger partial charge in [-0.25, -0.2) is 9.67 Å². The molecule has 0 saturated heterocycles. The number of hydrogen-bond acceptors (Lipinski definition) is 6. The summed E-state index contributed by atoms with van der Waals surface area (Å²) in [6, 6.07) is 5.57. The molecule has 4 aromatic rings. The smallest absolute Gasteiger partial charge is 0.225 e. The van der Waals surface area contributed by atoms with E-state index in [0.29, 0.717) is 22.7 Å². The maximum atomic E-state index is 11.2. The van der Waals surface area contributed by atoms with Gasteiger partial charge in [0.05, 0.1) is 18.8 Å². The van der Waals surface area contributed by atoms with Crippen LogP contribution in [-0.2, 0) is 18.3 Å². The number of H-pyrrole nitrogens is 1. The van der Waals surface area contributed by atoms with Gasteiger partial charge < -0.3 is 5.73 Å². The van der Waals surface area contributed by atoms with E-state index in [2.05, 4.69) is 30.6 Å². The van der Waals surface area contributed by atoms with Gasteiger partial charge in [0.1, 0.15) is 16.7 Å². The molecule has 0 saturated carbocycles. The van der Waals surface area contributed by atoms with Gasteiger partial charge in [0.25, 0.3) is 0 Å². The molecule has 4 rings (SSSR count). The van der Waals surface area contributed by atoms with Crippen LogP contribution < -0.4 is 5.73 Å². The third kappa shape index (κ3) is 2.29. The number of carbonyl (C=O) groups excluding carboxylic acids is 1. The summed E-state index contributed by atoms with van der Waals surface area (Å²) in [5.41, 5.74) is 8.11. The number of fused-ring (bicyclic) bond motifs is 1. The van der Waals surface area contributed by atoms with Gasteiger partial charge in [-0.15, -0.1) is 0 Å². The van der Waals surface area contributed by atoms with Crippen LogP contribution in [-0.4, -0.2) is 45.9 Å². The highest BCUT2D eigenvalue weighted by molar-refractivity contribution is 5.89. The van der Waals surface area contributed by atoms with Crippen LogP contribution in [0.5, 0.6) is 0 Å². The molecular weight excluding hydrogens is 310 g/mol. The number of carbonyl (C=O) groups is 1. The molecule has 24 heavy (non-hydrogen) atoms. The van der Waals surface area contributed by atoms with E-state index >= 15 is 0 Å². The van der Waals surface area contributed by atoms with Crippen LogP contribution in [0.3, 0.4) is 0 Å². The van der Waals surface area contributed by atoms with Crippen LogP contribution in [0.4, 0.5) is 0 Å². The minimum absolute atomic E-state index is 0.0466. The number of aromatic amines is 1. The van der Waals surface area contributed by atoms with Gasteiger partial charge in [0.15, 0.2) is 11.6 Å². The first-order valence-electron chi connectivity index (χ1n) is 7.15. The Hall–Kier alpha value is -3.56. The van der Waals surface area contributed by atoms with Crippen LogP contribution in [0.25, 0.3) is 28.1 Å². The van der Waals surface area contributed by atoms with Crippen molar-refractivity contribution in [1.82, 2.24) is 40.0 Å². The van der Waals surface area contributed by atoms with Crippen molar-refractivity contribution in [3.05, 3.63) is 36.4 Å². The number of hydrogen-bond donors (Lipinski definition) is 2. The van der Waals surface area contributed by atoms with E-state index in [1.807, 2.05) is 25.2 Å². The van der Waals surface area contributed by atoms with Gasteiger partial charge in [-0.05, 0) is 12.1 Å². The highest BCUT2D eigenvalue weighted by atomic mass is 16.1. The van der Waals surface area contributed by atoms with E-state index in [1.54, 1.807) is 21.8 Å². The predicted octanol–water partition coefficient (Wildman–Crippen LogP) is -0.0331. The van der Waals surface area contributed by atoms with Crippen molar-refractivity contribution >= 4 is 16.9 Å². The third-order valence-corrected chi connectivity index (χ3v) is 3.51. The Morgan fingerprint density at radius 1 is 1.33 bits per heavy atom. The second-order valence-electron chi connectivity index (χ2n) is 5.28. The molecule has 10 heteroatoms. The van der Waals surface area contributed by atoms with E-state index in [9.17, 15) is 4.79 Å². The lowest BCUT2D eigenvalue weighted by molar-refractivity contribution is -0.117. The van der Waals surface area contributed by atoms with Gasteiger partial charge in [-0.2, -0.15) is 25.6 Å². The minimum Gasteiger partial charge on any atom is -0.369 e. The van der Waals surface area contributed by atoms with Gasteiger partial charge in [-0.1, -0.05) is 6.07 Å². The summed E-state index contributed by atoms with van der Waals surface area (Å²) in [6.45, 7) is 0. The van der Waals surface area contributed by atoms with Gasteiger partial charge >= 0.3 is 0 Å². The van der Waals surface area contributed by atoms with E-state index in [1.165, 1.54) is 0 Å². The Balaban J connectivity index is 1.94. The molecule has 0 fully saturated rings. The van der Waals surface area contributed by atoms with Gasteiger partial charge in [0.2, 0.25) is 5.91 Å². The van der Waals surface area contributed by atoms with Crippen molar-refractivity contribution < 1.29 is 4.79 Å². The molecule has 0 atom stereocenters. The average molecular weight is 323 g/mol. The van der Waals surface area contributed by atoms with Crippen LogP contribution in [0.15, 0.2) is 30.6 Å². The number of nitrogens with one attached hydrogen (secondary N) is 1. The maximum absolute atomic E-state index is 11.2. The van der Waals surface area contributed by atoms with Crippen molar-refractivity contribution in [3.8, 4) is 17.1 Å². The summed E-state index contributed by atoms with van der Waals surface area (Å²) in [5.74, 6) is 0.380. The van der Waals surface area contributed by atoms with Crippen LogP contribution in [0, 0.1) is 0 Å². The summed E-state index contributed by atoms with van der Waals surface area (Å²) < 4.78 is 3.28. The number of rotatable bonds is 4. The summed E-state index contributed by atoms with van der Waals surface area (Å²) in [4.78, 5) is 15.7. The molecule has 0 unspecified atom stereocenters. The highest BCUT2D eigenvalue weighted by Crippen LogP contribution is 2.26. The molecule has 0 bridgehead atoms. The lowest BCUT2D eigenvalue weighted by atomic mass is 10.1. The van der Waals surface area contributed by atoms with Gasteiger partial charge in [-0.3, -0.25) is 9.48 Å². The molecule has 10 nitrogen and oxygen atoms in total. The second kappa shape index (κ2) is 5.26. The highest BCUT2D eigenvalue weighted by Gasteiger charge is 2.19. The molecular formula is C14H13N9O. The Bertz CT molecular complexity index is 1040. The summed E-state index contributed by atoms with van der Waals surface area (Å²) in [7, 11) is 1.81. The molecule has 0 aliphatic carbocycles. The molecule has 0 aliphatic heterocycles. The fourth-order valence-electron chi connectivity index (χ4n) is 2.51. The molecule has 3 heterocycles. The summed E-state index contributed by atoms with van der Waals surface area (Å²) in [6.07, 6.45) is 3.42. The maximum Gasteiger partial charge on any atom is 0.225 e. The van der Waals surface area contributed by atoms with Crippen molar-refractivity contribution in [3.63, 3.8) is 0 Å². The monoisotopic (exact) mass is 323 g/mol. The number of nitrogens with zero attached hydrogens (tertiary/aromatic N) is 7. The molecule has 3 aromatic heterocycles. The van der Waals surface area contributed by atoms with Crippen LogP contribution >= 0.6 is 0 Å². The Kier molecular flexibility index (Phi) is 3.08. The standard InChI is InChI=1S/C14H13N9O/c1-22-7-8(6-16-22)23-14(17-12(20-23)5-11(15)24)9-3-2-4-10-13(9)19-21-18-10/h2-4,6-7H,5H2,1H3,(H2,15,24)(H,18,19,21). The van der Waals surface area contributed by atoms with Gasteiger partial charge in [0, 0.05) is 12.6 Å². The number of benzene rings is 1. The average Bonchev–Trinajstić information content (AvgIpc) is 3.24. The fraction of sp³-hybridized carbons (Fsp3) is 0.143. The predicted molar refractivity (Wildman–Crippen MR) is 83.9 cm³/mol. The third-order valence-electron chi connectivity index (χ3n) is 3.51. The first kappa shape index (κ1) is 14.1. The van der Waals surface area contributed by atoms with Crippen molar-refractivity contribution in [2.24, 2.45) is 12.8 Å². The van der Waals surface area contributed by atoms with E-state index in [-0.39, 0.29) is 6.42 Å². The first-order chi connectivity index (χ1) is 11.6. The molecule has 1 amide bonds. The van der Waals surface area contributed by atoms with E-state index in [0.717, 1.165) is 11.3 Å². The number of nitrogens with two attached hydrogens (primary N) is 1. The molecule has 120 valence electrons. The van der Waals surface area contributed by atoms with Crippen molar-refractivity contribution in [2.75, 3.05) is 0 Å². The van der Waals surface area contributed by atoms with Crippen LogP contribution in [0.2, 0.25) is 0 Å². The normalized spacial score (nSPS) is 11.2. The number of para-hydroxylation sites is 1. The fourth-order valence-corrected chi connectivity index (χ4v) is 2.51.